The van der Waals surface area contributed by atoms with Crippen molar-refractivity contribution >= 4 is 5.91 Å². The zero-order valence-electron chi connectivity index (χ0n) is 11.4. The van der Waals surface area contributed by atoms with Gasteiger partial charge in [0.05, 0.1) is 18.6 Å². The van der Waals surface area contributed by atoms with Crippen molar-refractivity contribution in [3.05, 3.63) is 18.2 Å². The molecule has 1 aromatic rings. The van der Waals surface area contributed by atoms with Gasteiger partial charge in [-0.2, -0.15) is 0 Å². The molecule has 0 aliphatic carbocycles. The van der Waals surface area contributed by atoms with Gasteiger partial charge in [0.1, 0.15) is 6.04 Å². The highest BCUT2D eigenvalue weighted by Gasteiger charge is 2.34. The van der Waals surface area contributed by atoms with Gasteiger partial charge in [0.25, 0.3) is 0 Å². The molecule has 1 N–H and O–H groups in total. The van der Waals surface area contributed by atoms with Crippen LogP contribution < -0.4 is 5.32 Å². The van der Waals surface area contributed by atoms with Crippen molar-refractivity contribution < 1.29 is 4.79 Å². The standard InChI is InChI=1S/C13H21N5O/c1-16-8-11(15-10-16)7-14-13(19)12-9-17-3-2-4-18(12)6-5-17/h8,10,12H,2-7,9H2,1H3,(H,14,19). The second-order valence-corrected chi connectivity index (χ2v) is 5.45. The average Bonchev–Trinajstić information content (AvgIpc) is 2.63. The van der Waals surface area contributed by atoms with E-state index in [1.807, 2.05) is 17.8 Å². The average molecular weight is 263 g/mol. The van der Waals surface area contributed by atoms with Crippen LogP contribution in [0.4, 0.5) is 0 Å². The fraction of sp³-hybridized carbons (Fsp3) is 0.692. The van der Waals surface area contributed by atoms with Gasteiger partial charge >= 0.3 is 0 Å². The monoisotopic (exact) mass is 263 g/mol. The molecule has 4 heterocycles. The second kappa shape index (κ2) is 5.30. The minimum Gasteiger partial charge on any atom is -0.349 e. The van der Waals surface area contributed by atoms with Gasteiger partial charge in [-0.25, -0.2) is 4.98 Å². The van der Waals surface area contributed by atoms with Gasteiger partial charge in [-0.05, 0) is 13.0 Å². The molecule has 104 valence electrons. The molecule has 1 amide bonds. The predicted octanol–water partition coefficient (Wildman–Crippen LogP) is -0.574. The lowest BCUT2D eigenvalue weighted by Crippen LogP contribution is -2.56. The van der Waals surface area contributed by atoms with Crippen molar-refractivity contribution in [1.82, 2.24) is 24.7 Å². The molecule has 6 nitrogen and oxygen atoms in total. The summed E-state index contributed by atoms with van der Waals surface area (Å²) >= 11 is 0. The molecule has 0 radical (unpaired) electrons. The summed E-state index contributed by atoms with van der Waals surface area (Å²) in [6, 6.07) is 0.0139. The molecule has 3 fully saturated rings. The van der Waals surface area contributed by atoms with Crippen molar-refractivity contribution in [1.29, 1.82) is 0 Å². The Bertz CT molecular complexity index is 454. The molecule has 3 aliphatic heterocycles. The number of imidazole rings is 1. The summed E-state index contributed by atoms with van der Waals surface area (Å²) in [5.41, 5.74) is 0.907. The molecule has 3 aliphatic rings. The van der Waals surface area contributed by atoms with E-state index in [2.05, 4.69) is 20.1 Å². The molecule has 1 aromatic heterocycles. The molecular weight excluding hydrogens is 242 g/mol. The van der Waals surface area contributed by atoms with Crippen molar-refractivity contribution in [3.8, 4) is 0 Å². The zero-order valence-corrected chi connectivity index (χ0v) is 11.4. The van der Waals surface area contributed by atoms with Gasteiger partial charge < -0.3 is 9.88 Å². The van der Waals surface area contributed by atoms with E-state index in [9.17, 15) is 4.79 Å². The van der Waals surface area contributed by atoms with E-state index in [1.54, 1.807) is 6.33 Å². The number of carbonyl (C=O) groups is 1. The first-order chi connectivity index (χ1) is 9.22. The van der Waals surface area contributed by atoms with Crippen molar-refractivity contribution in [2.45, 2.75) is 19.0 Å². The third-order valence-corrected chi connectivity index (χ3v) is 4.00. The van der Waals surface area contributed by atoms with Crippen molar-refractivity contribution in [2.75, 3.05) is 32.7 Å². The third-order valence-electron chi connectivity index (χ3n) is 4.00. The molecule has 6 heteroatoms. The Morgan fingerprint density at radius 3 is 3.11 bits per heavy atom. The van der Waals surface area contributed by atoms with Crippen molar-refractivity contribution in [3.63, 3.8) is 0 Å². The number of nitrogens with one attached hydrogen (secondary N) is 1. The van der Waals surface area contributed by atoms with Crippen LogP contribution in [0.25, 0.3) is 0 Å². The van der Waals surface area contributed by atoms with E-state index in [-0.39, 0.29) is 11.9 Å². The Balaban J connectivity index is 1.58. The fourth-order valence-electron chi connectivity index (χ4n) is 2.95. The Morgan fingerprint density at radius 1 is 1.42 bits per heavy atom. The highest BCUT2D eigenvalue weighted by molar-refractivity contribution is 5.82. The zero-order chi connectivity index (χ0) is 13.2. The highest BCUT2D eigenvalue weighted by atomic mass is 16.2. The first-order valence-corrected chi connectivity index (χ1v) is 6.93. The van der Waals surface area contributed by atoms with Crippen LogP contribution in [0.5, 0.6) is 0 Å². The smallest absolute Gasteiger partial charge is 0.239 e. The van der Waals surface area contributed by atoms with Crippen LogP contribution >= 0.6 is 0 Å². The van der Waals surface area contributed by atoms with Gasteiger partial charge in [0.15, 0.2) is 0 Å². The molecule has 3 saturated heterocycles. The maximum Gasteiger partial charge on any atom is 0.239 e. The number of amides is 1. The lowest BCUT2D eigenvalue weighted by atomic mass is 10.1. The van der Waals surface area contributed by atoms with Crippen LogP contribution in [0.15, 0.2) is 12.5 Å². The first kappa shape index (κ1) is 12.6. The van der Waals surface area contributed by atoms with Gasteiger partial charge in [0.2, 0.25) is 5.91 Å². The van der Waals surface area contributed by atoms with Gasteiger partial charge in [-0.15, -0.1) is 0 Å². The molecular formula is C13H21N5O. The fourth-order valence-corrected chi connectivity index (χ4v) is 2.95. The quantitative estimate of drug-likeness (QED) is 0.793. The lowest BCUT2D eigenvalue weighted by Gasteiger charge is -2.36. The Labute approximate surface area is 113 Å². The van der Waals surface area contributed by atoms with Gasteiger partial charge in [-0.1, -0.05) is 0 Å². The van der Waals surface area contributed by atoms with E-state index in [1.165, 1.54) is 6.42 Å². The number of piperazine rings is 1. The summed E-state index contributed by atoms with van der Waals surface area (Å²) in [5.74, 6) is 0.136. The molecule has 0 aromatic carbocycles. The van der Waals surface area contributed by atoms with E-state index in [4.69, 9.17) is 0 Å². The van der Waals surface area contributed by atoms with E-state index >= 15 is 0 Å². The summed E-state index contributed by atoms with van der Waals surface area (Å²) in [6.45, 7) is 5.67. The van der Waals surface area contributed by atoms with Gasteiger partial charge in [0, 0.05) is 39.4 Å². The number of nitrogens with zero attached hydrogens (tertiary/aromatic N) is 4. The third kappa shape index (κ3) is 2.79. The number of hydrogen-bond donors (Lipinski definition) is 1. The van der Waals surface area contributed by atoms with Crippen molar-refractivity contribution in [2.24, 2.45) is 7.05 Å². The Hall–Kier alpha value is -1.40. The van der Waals surface area contributed by atoms with Crippen LogP contribution in [0.3, 0.4) is 0 Å². The van der Waals surface area contributed by atoms with Crippen LogP contribution in [0.2, 0.25) is 0 Å². The summed E-state index contributed by atoms with van der Waals surface area (Å²) in [7, 11) is 1.93. The lowest BCUT2D eigenvalue weighted by molar-refractivity contribution is -0.128. The number of carbonyl (C=O) groups excluding carboxylic acids is 1. The summed E-state index contributed by atoms with van der Waals surface area (Å²) < 4.78 is 1.89. The van der Waals surface area contributed by atoms with Crippen LogP contribution in [0, 0.1) is 0 Å². The summed E-state index contributed by atoms with van der Waals surface area (Å²) in [4.78, 5) is 21.2. The predicted molar refractivity (Wildman–Crippen MR) is 71.5 cm³/mol. The molecule has 0 saturated carbocycles. The highest BCUT2D eigenvalue weighted by Crippen LogP contribution is 2.15. The second-order valence-electron chi connectivity index (χ2n) is 5.45. The Kier molecular flexibility index (Phi) is 3.52. The van der Waals surface area contributed by atoms with E-state index in [0.717, 1.165) is 38.4 Å². The molecule has 2 bridgehead atoms. The molecule has 4 rings (SSSR count). The topological polar surface area (TPSA) is 53.4 Å². The molecule has 19 heavy (non-hydrogen) atoms. The Morgan fingerprint density at radius 2 is 2.32 bits per heavy atom. The SMILES string of the molecule is Cn1cnc(CNC(=O)C2CN3CCCN2CC3)c1. The number of rotatable bonds is 3. The number of fused-ring (bicyclic) bond motifs is 4. The molecule has 3 unspecified atom stereocenters. The van der Waals surface area contributed by atoms with Gasteiger partial charge in [-0.3, -0.25) is 14.6 Å². The maximum absolute atomic E-state index is 12.3. The van der Waals surface area contributed by atoms with Crippen LogP contribution in [-0.2, 0) is 18.4 Å². The van der Waals surface area contributed by atoms with E-state index in [0.29, 0.717) is 6.54 Å². The summed E-state index contributed by atoms with van der Waals surface area (Å²) in [5, 5.41) is 3.01. The molecule has 3 atom stereocenters. The van der Waals surface area contributed by atoms with Crippen LogP contribution in [0.1, 0.15) is 12.1 Å². The minimum atomic E-state index is 0.0139. The first-order valence-electron chi connectivity index (χ1n) is 6.93. The van der Waals surface area contributed by atoms with Crippen LogP contribution in [-0.4, -0.2) is 64.0 Å². The summed E-state index contributed by atoms with van der Waals surface area (Å²) in [6.07, 6.45) is 4.86. The maximum atomic E-state index is 12.3. The largest absolute Gasteiger partial charge is 0.349 e. The van der Waals surface area contributed by atoms with E-state index < -0.39 is 0 Å². The minimum absolute atomic E-state index is 0.0139. The normalized spacial score (nSPS) is 30.1. The number of hydrogen-bond acceptors (Lipinski definition) is 4. The number of aryl methyl sites for hydroxylation is 1. The number of aromatic nitrogens is 2. The molecule has 0 spiro atoms.